The Hall–Kier alpha value is -3.66. The number of amides is 2. The van der Waals surface area contributed by atoms with Crippen LogP contribution < -0.4 is 10.9 Å². The molecule has 8 nitrogen and oxygen atoms in total. The van der Waals surface area contributed by atoms with Crippen molar-refractivity contribution in [2.45, 2.75) is 13.8 Å². The van der Waals surface area contributed by atoms with Gasteiger partial charge < -0.3 is 0 Å². The van der Waals surface area contributed by atoms with Crippen molar-refractivity contribution in [1.29, 1.82) is 0 Å². The second-order valence-electron chi connectivity index (χ2n) is 6.07. The van der Waals surface area contributed by atoms with E-state index in [-0.39, 0.29) is 11.1 Å². The fraction of sp³-hybridized carbons (Fsp3) is 0.105. The molecule has 0 aliphatic carbocycles. The van der Waals surface area contributed by atoms with Crippen LogP contribution in [0.5, 0.6) is 0 Å². The van der Waals surface area contributed by atoms with E-state index in [1.807, 2.05) is 30.3 Å². The number of nitro groups is 1. The van der Waals surface area contributed by atoms with Crippen LogP contribution in [0.4, 0.5) is 10.1 Å². The topological polar surface area (TPSA) is 114 Å². The molecule has 3 rings (SSSR count). The lowest BCUT2D eigenvalue weighted by Gasteiger charge is -2.08. The van der Waals surface area contributed by atoms with Gasteiger partial charge in [-0.2, -0.15) is 0 Å². The number of aromatic nitrogens is 1. The summed E-state index contributed by atoms with van der Waals surface area (Å²) in [5, 5.41) is 11.6. The molecular weight excluding hydrogens is 399 g/mol. The van der Waals surface area contributed by atoms with Crippen LogP contribution >= 0.6 is 11.3 Å². The van der Waals surface area contributed by atoms with Gasteiger partial charge in [0.25, 0.3) is 17.5 Å². The van der Waals surface area contributed by atoms with Crippen molar-refractivity contribution in [3.63, 3.8) is 0 Å². The molecule has 0 saturated carbocycles. The first-order chi connectivity index (χ1) is 13.8. The molecule has 0 bridgehead atoms. The van der Waals surface area contributed by atoms with Crippen LogP contribution in [0.2, 0.25) is 0 Å². The summed E-state index contributed by atoms with van der Waals surface area (Å²) in [6, 6.07) is 11.1. The number of carbonyl (C=O) groups excluding carboxylic acids is 2. The summed E-state index contributed by atoms with van der Waals surface area (Å²) in [6.45, 7) is 2.91. The molecule has 0 aliphatic heterocycles. The third-order valence-electron chi connectivity index (χ3n) is 4.09. The number of carbonyl (C=O) groups is 2. The summed E-state index contributed by atoms with van der Waals surface area (Å²) >= 11 is 1.16. The average Bonchev–Trinajstić information content (AvgIpc) is 3.10. The summed E-state index contributed by atoms with van der Waals surface area (Å²) in [5.41, 5.74) is 4.72. The molecule has 3 aromatic rings. The molecule has 2 amide bonds. The molecule has 2 N–H and O–H groups in total. The molecule has 0 atom stereocenters. The van der Waals surface area contributed by atoms with Crippen LogP contribution in [0.15, 0.2) is 42.5 Å². The second-order valence-corrected chi connectivity index (χ2v) is 7.07. The molecule has 0 saturated heterocycles. The lowest BCUT2D eigenvalue weighted by atomic mass is 10.1. The monoisotopic (exact) mass is 414 g/mol. The number of benzene rings is 2. The van der Waals surface area contributed by atoms with Gasteiger partial charge in [0.1, 0.15) is 15.7 Å². The van der Waals surface area contributed by atoms with E-state index in [0.717, 1.165) is 29.0 Å². The van der Waals surface area contributed by atoms with Crippen molar-refractivity contribution in [3.8, 4) is 10.6 Å². The molecule has 29 heavy (non-hydrogen) atoms. The first kappa shape index (κ1) is 20.1. The SMILES string of the molecule is Cc1nc(-c2ccccc2)sc1C(=O)NNC(=O)c1cc(F)c(C)c([N+](=O)[O-])c1. The number of nitrogens with one attached hydrogen (secondary N) is 2. The van der Waals surface area contributed by atoms with Crippen LogP contribution in [0.3, 0.4) is 0 Å². The summed E-state index contributed by atoms with van der Waals surface area (Å²) in [5.74, 6) is -2.37. The van der Waals surface area contributed by atoms with Gasteiger partial charge >= 0.3 is 0 Å². The number of rotatable bonds is 4. The average molecular weight is 414 g/mol. The molecular formula is C19H15FN4O4S. The first-order valence-corrected chi connectivity index (χ1v) is 9.17. The maximum absolute atomic E-state index is 13.9. The number of hydrogen-bond donors (Lipinski definition) is 2. The van der Waals surface area contributed by atoms with Crippen molar-refractivity contribution in [2.24, 2.45) is 0 Å². The van der Waals surface area contributed by atoms with E-state index in [9.17, 15) is 24.1 Å². The number of hydrazine groups is 1. The highest BCUT2D eigenvalue weighted by Crippen LogP contribution is 2.27. The predicted molar refractivity (Wildman–Crippen MR) is 105 cm³/mol. The van der Waals surface area contributed by atoms with Gasteiger partial charge in [-0.25, -0.2) is 9.37 Å². The lowest BCUT2D eigenvalue weighted by Crippen LogP contribution is -2.41. The van der Waals surface area contributed by atoms with Crippen molar-refractivity contribution < 1.29 is 18.9 Å². The lowest BCUT2D eigenvalue weighted by molar-refractivity contribution is -0.385. The normalized spacial score (nSPS) is 10.4. The van der Waals surface area contributed by atoms with Gasteiger partial charge in [0.15, 0.2) is 0 Å². The van der Waals surface area contributed by atoms with E-state index < -0.39 is 28.2 Å². The molecule has 0 aliphatic rings. The number of nitrogens with zero attached hydrogens (tertiary/aromatic N) is 2. The van der Waals surface area contributed by atoms with Crippen molar-refractivity contribution >= 4 is 28.8 Å². The number of halogens is 1. The van der Waals surface area contributed by atoms with Crippen molar-refractivity contribution in [3.05, 3.63) is 80.1 Å². The van der Waals surface area contributed by atoms with Crippen molar-refractivity contribution in [2.75, 3.05) is 0 Å². The van der Waals surface area contributed by atoms with Gasteiger partial charge in [0, 0.05) is 11.6 Å². The van der Waals surface area contributed by atoms with Gasteiger partial charge in [-0.1, -0.05) is 30.3 Å². The van der Waals surface area contributed by atoms with Crippen LogP contribution in [-0.4, -0.2) is 21.7 Å². The Kier molecular flexibility index (Phi) is 5.64. The Labute approximate surface area is 168 Å². The minimum absolute atomic E-state index is 0.177. The minimum atomic E-state index is -0.888. The number of hydrogen-bond acceptors (Lipinski definition) is 6. The highest BCUT2D eigenvalue weighted by atomic mass is 32.1. The Bertz CT molecular complexity index is 1110. The van der Waals surface area contributed by atoms with E-state index in [4.69, 9.17) is 0 Å². The van der Waals surface area contributed by atoms with Gasteiger partial charge in [0.2, 0.25) is 0 Å². The zero-order chi connectivity index (χ0) is 21.1. The zero-order valence-corrected chi connectivity index (χ0v) is 16.2. The van der Waals surface area contributed by atoms with Crippen LogP contribution in [0, 0.1) is 29.8 Å². The summed E-state index contributed by atoms with van der Waals surface area (Å²) in [6.07, 6.45) is 0. The molecule has 10 heteroatoms. The Balaban J connectivity index is 1.74. The summed E-state index contributed by atoms with van der Waals surface area (Å²) in [7, 11) is 0. The first-order valence-electron chi connectivity index (χ1n) is 8.36. The predicted octanol–water partition coefficient (Wildman–Crippen LogP) is 3.55. The smallest absolute Gasteiger partial charge is 0.267 e. The van der Waals surface area contributed by atoms with Crippen LogP contribution in [0.25, 0.3) is 10.6 Å². The maximum Gasteiger partial charge on any atom is 0.281 e. The van der Waals surface area contributed by atoms with Crippen LogP contribution in [0.1, 0.15) is 31.3 Å². The third kappa shape index (κ3) is 4.27. The Morgan fingerprint density at radius 1 is 1.10 bits per heavy atom. The molecule has 1 heterocycles. The molecule has 2 aromatic carbocycles. The maximum atomic E-state index is 13.9. The van der Waals surface area contributed by atoms with Crippen LogP contribution in [-0.2, 0) is 0 Å². The van der Waals surface area contributed by atoms with E-state index in [1.165, 1.54) is 6.92 Å². The summed E-state index contributed by atoms with van der Waals surface area (Å²) < 4.78 is 13.9. The quantitative estimate of drug-likeness (QED) is 0.501. The van der Waals surface area contributed by atoms with E-state index in [2.05, 4.69) is 15.8 Å². The molecule has 0 spiro atoms. The standard InChI is InChI=1S/C19H15FN4O4S/c1-10-14(20)8-13(9-15(10)24(27)28)17(25)22-23-18(26)16-11(2)21-19(29-16)12-6-4-3-5-7-12/h3-9H,1-2H3,(H,22,25)(H,23,26). The number of nitro benzene ring substituents is 1. The molecule has 148 valence electrons. The molecule has 1 aromatic heterocycles. The Morgan fingerprint density at radius 2 is 1.76 bits per heavy atom. The van der Waals surface area contributed by atoms with Gasteiger partial charge in [-0.05, 0) is 19.9 Å². The highest BCUT2D eigenvalue weighted by molar-refractivity contribution is 7.17. The van der Waals surface area contributed by atoms with Gasteiger partial charge in [0.05, 0.1) is 21.7 Å². The highest BCUT2D eigenvalue weighted by Gasteiger charge is 2.21. The fourth-order valence-electron chi connectivity index (χ4n) is 2.54. The van der Waals surface area contributed by atoms with Gasteiger partial charge in [-0.3, -0.25) is 30.6 Å². The molecule has 0 radical (unpaired) electrons. The Morgan fingerprint density at radius 3 is 2.41 bits per heavy atom. The third-order valence-corrected chi connectivity index (χ3v) is 5.29. The summed E-state index contributed by atoms with van der Waals surface area (Å²) in [4.78, 5) is 39.5. The van der Waals surface area contributed by atoms with Gasteiger partial charge in [-0.15, -0.1) is 11.3 Å². The largest absolute Gasteiger partial charge is 0.281 e. The number of thiazole rings is 1. The second kappa shape index (κ2) is 8.15. The van der Waals surface area contributed by atoms with E-state index >= 15 is 0 Å². The van der Waals surface area contributed by atoms with E-state index in [0.29, 0.717) is 15.6 Å². The zero-order valence-electron chi connectivity index (χ0n) is 15.4. The van der Waals surface area contributed by atoms with Crippen molar-refractivity contribution in [1.82, 2.24) is 15.8 Å². The minimum Gasteiger partial charge on any atom is -0.267 e. The molecule has 0 fully saturated rings. The van der Waals surface area contributed by atoms with E-state index in [1.54, 1.807) is 6.92 Å². The fourth-order valence-corrected chi connectivity index (χ4v) is 3.51. The molecule has 0 unspecified atom stereocenters. The number of aryl methyl sites for hydroxylation is 1.